The summed E-state index contributed by atoms with van der Waals surface area (Å²) in [6, 6.07) is 30.7. The molecular weight excluding hydrogens is 502 g/mol. The van der Waals surface area contributed by atoms with Gasteiger partial charge in [0.25, 0.3) is 5.91 Å². The highest BCUT2D eigenvalue weighted by molar-refractivity contribution is 6.11. The summed E-state index contributed by atoms with van der Waals surface area (Å²) in [6.45, 7) is 0.735. The monoisotopic (exact) mass is 535 g/mol. The molecule has 0 aromatic heterocycles. The van der Waals surface area contributed by atoms with E-state index >= 15 is 0 Å². The zero-order valence-corrected chi connectivity index (χ0v) is 22.3. The minimum Gasteiger partial charge on any atom is -0.326 e. The summed E-state index contributed by atoms with van der Waals surface area (Å²) < 4.78 is 0. The Morgan fingerprint density at radius 2 is 1.52 bits per heavy atom. The topological polar surface area (TPSA) is 90.0 Å². The third-order valence-electron chi connectivity index (χ3n) is 7.52. The summed E-state index contributed by atoms with van der Waals surface area (Å²) in [4.78, 5) is 43.4. The molecule has 0 aliphatic carbocycles. The van der Waals surface area contributed by atoms with E-state index in [1.54, 1.807) is 21.3 Å². The molecule has 1 atom stereocenters. The second-order valence-electron chi connectivity index (χ2n) is 10.1. The van der Waals surface area contributed by atoms with Gasteiger partial charge in [0.2, 0.25) is 11.8 Å². The molecule has 1 aliphatic rings. The van der Waals surface area contributed by atoms with Gasteiger partial charge in [-0.2, -0.15) is 0 Å². The molecule has 204 valence electrons. The van der Waals surface area contributed by atoms with Crippen LogP contribution >= 0.6 is 0 Å². The average Bonchev–Trinajstić information content (AvgIpc) is 3.07. The van der Waals surface area contributed by atoms with Gasteiger partial charge in [0, 0.05) is 19.4 Å². The standard InChI is InChI=1S/C33H33N3O4/c37-31(34-40)20-5-2-10-21-35-30(22-24-12-3-1-4-13-24)33(39)36(29-19-9-8-18-28(29)32(35)38)23-26-16-11-15-25-14-6-7-17-27(25)26/h1,3-4,6-9,11-19,30,40H,2,5,10,20-23H2,(H,34,37)/t30-/m0/s1. The van der Waals surface area contributed by atoms with Crippen molar-refractivity contribution >= 4 is 34.2 Å². The van der Waals surface area contributed by atoms with Crippen LogP contribution in [0, 0.1) is 0 Å². The molecular formula is C33H33N3O4. The minimum absolute atomic E-state index is 0.116. The van der Waals surface area contributed by atoms with Crippen LogP contribution < -0.4 is 10.4 Å². The fourth-order valence-corrected chi connectivity index (χ4v) is 5.47. The number of hydroxylamine groups is 1. The number of carbonyl (C=O) groups is 3. The highest BCUT2D eigenvalue weighted by atomic mass is 16.5. The number of hydrogen-bond donors (Lipinski definition) is 2. The zero-order chi connectivity index (χ0) is 27.9. The lowest BCUT2D eigenvalue weighted by molar-refractivity contribution is -0.129. The number of nitrogens with one attached hydrogen (secondary N) is 1. The van der Waals surface area contributed by atoms with Gasteiger partial charge in [0.15, 0.2) is 0 Å². The van der Waals surface area contributed by atoms with E-state index in [0.717, 1.165) is 21.9 Å². The Kier molecular flexibility index (Phi) is 8.52. The van der Waals surface area contributed by atoms with Crippen molar-refractivity contribution in [1.82, 2.24) is 10.4 Å². The molecule has 0 saturated carbocycles. The number of rotatable bonds is 10. The molecule has 40 heavy (non-hydrogen) atoms. The molecule has 4 aromatic carbocycles. The van der Waals surface area contributed by atoms with Crippen molar-refractivity contribution in [2.75, 3.05) is 11.4 Å². The van der Waals surface area contributed by atoms with Crippen molar-refractivity contribution in [3.8, 4) is 0 Å². The molecule has 3 amide bonds. The van der Waals surface area contributed by atoms with Gasteiger partial charge in [-0.1, -0.05) is 91.3 Å². The summed E-state index contributed by atoms with van der Waals surface area (Å²) in [5.41, 5.74) is 4.77. The fourth-order valence-electron chi connectivity index (χ4n) is 5.47. The van der Waals surface area contributed by atoms with Gasteiger partial charge < -0.3 is 9.80 Å². The Morgan fingerprint density at radius 1 is 0.800 bits per heavy atom. The van der Waals surface area contributed by atoms with E-state index in [4.69, 9.17) is 5.21 Å². The quantitative estimate of drug-likeness (QED) is 0.159. The summed E-state index contributed by atoms with van der Waals surface area (Å²) in [5.74, 6) is -0.714. The van der Waals surface area contributed by atoms with Crippen LogP contribution in [0.2, 0.25) is 0 Å². The van der Waals surface area contributed by atoms with Crippen LogP contribution in [0.1, 0.15) is 47.2 Å². The van der Waals surface area contributed by atoms with E-state index in [0.29, 0.717) is 50.0 Å². The van der Waals surface area contributed by atoms with Crippen LogP contribution in [0.3, 0.4) is 0 Å². The summed E-state index contributed by atoms with van der Waals surface area (Å²) in [6.07, 6.45) is 2.51. The van der Waals surface area contributed by atoms with Gasteiger partial charge in [-0.3, -0.25) is 19.6 Å². The summed E-state index contributed by atoms with van der Waals surface area (Å²) in [5, 5.41) is 10.9. The Labute approximate surface area is 234 Å². The molecule has 0 radical (unpaired) electrons. The van der Waals surface area contributed by atoms with E-state index in [9.17, 15) is 14.4 Å². The van der Waals surface area contributed by atoms with Gasteiger partial charge in [-0.05, 0) is 46.9 Å². The van der Waals surface area contributed by atoms with Crippen LogP contribution in [-0.2, 0) is 22.6 Å². The second kappa shape index (κ2) is 12.6. The molecule has 0 fully saturated rings. The van der Waals surface area contributed by atoms with Gasteiger partial charge in [0.05, 0.1) is 17.8 Å². The fraction of sp³-hybridized carbons (Fsp3) is 0.242. The normalized spacial score (nSPS) is 15.2. The Bertz CT molecular complexity index is 1500. The van der Waals surface area contributed by atoms with E-state index in [1.807, 2.05) is 72.8 Å². The largest absolute Gasteiger partial charge is 0.326 e. The lowest BCUT2D eigenvalue weighted by atomic mass is 10.0. The van der Waals surface area contributed by atoms with Gasteiger partial charge in [-0.15, -0.1) is 0 Å². The molecule has 0 unspecified atom stereocenters. The zero-order valence-electron chi connectivity index (χ0n) is 22.3. The second-order valence-corrected chi connectivity index (χ2v) is 10.1. The van der Waals surface area contributed by atoms with E-state index in [-0.39, 0.29) is 18.2 Å². The molecule has 1 aliphatic heterocycles. The number of hydrogen-bond acceptors (Lipinski definition) is 4. The highest BCUT2D eigenvalue weighted by Gasteiger charge is 2.39. The molecule has 7 heteroatoms. The predicted octanol–water partition coefficient (Wildman–Crippen LogP) is 5.51. The number of fused-ring (bicyclic) bond motifs is 2. The van der Waals surface area contributed by atoms with E-state index < -0.39 is 11.9 Å². The maximum absolute atomic E-state index is 14.5. The number of carbonyl (C=O) groups excluding carboxylic acids is 3. The number of para-hydroxylation sites is 1. The number of anilines is 1. The maximum Gasteiger partial charge on any atom is 0.256 e. The third-order valence-corrected chi connectivity index (χ3v) is 7.52. The van der Waals surface area contributed by atoms with Crippen LogP contribution in [0.25, 0.3) is 10.8 Å². The number of amides is 3. The molecule has 4 aromatic rings. The summed E-state index contributed by atoms with van der Waals surface area (Å²) in [7, 11) is 0. The Morgan fingerprint density at radius 3 is 2.35 bits per heavy atom. The average molecular weight is 536 g/mol. The molecule has 2 N–H and O–H groups in total. The van der Waals surface area contributed by atoms with Crippen molar-refractivity contribution < 1.29 is 19.6 Å². The first-order valence-electron chi connectivity index (χ1n) is 13.7. The molecule has 0 spiro atoms. The summed E-state index contributed by atoms with van der Waals surface area (Å²) >= 11 is 0. The molecule has 1 heterocycles. The van der Waals surface area contributed by atoms with Gasteiger partial charge in [-0.25, -0.2) is 5.48 Å². The lowest BCUT2D eigenvalue weighted by Gasteiger charge is -2.31. The predicted molar refractivity (Wildman–Crippen MR) is 155 cm³/mol. The van der Waals surface area contributed by atoms with Crippen molar-refractivity contribution in [2.45, 2.75) is 44.7 Å². The van der Waals surface area contributed by atoms with Crippen LogP contribution in [0.4, 0.5) is 5.69 Å². The van der Waals surface area contributed by atoms with Crippen molar-refractivity contribution in [1.29, 1.82) is 0 Å². The maximum atomic E-state index is 14.5. The van der Waals surface area contributed by atoms with Crippen molar-refractivity contribution in [3.05, 3.63) is 114 Å². The molecule has 7 nitrogen and oxygen atoms in total. The molecule has 0 saturated heterocycles. The number of nitrogens with zero attached hydrogens (tertiary/aromatic N) is 2. The Hall–Kier alpha value is -4.49. The van der Waals surface area contributed by atoms with Crippen LogP contribution in [0.15, 0.2) is 97.1 Å². The van der Waals surface area contributed by atoms with Crippen LogP contribution in [-0.4, -0.2) is 40.4 Å². The number of unbranched alkanes of at least 4 members (excludes halogenated alkanes) is 2. The van der Waals surface area contributed by atoms with Gasteiger partial charge in [0.1, 0.15) is 6.04 Å². The first kappa shape index (κ1) is 27.1. The molecule has 0 bridgehead atoms. The van der Waals surface area contributed by atoms with E-state index in [1.165, 1.54) is 0 Å². The van der Waals surface area contributed by atoms with Crippen molar-refractivity contribution in [2.24, 2.45) is 0 Å². The smallest absolute Gasteiger partial charge is 0.256 e. The number of benzene rings is 4. The SMILES string of the molecule is O=C(CCCCCN1C(=O)c2ccccc2N(Cc2cccc3ccccc23)C(=O)[C@@H]1Cc1ccccc1)NO. The Balaban J connectivity index is 1.50. The third kappa shape index (κ3) is 5.90. The molecule has 5 rings (SSSR count). The van der Waals surface area contributed by atoms with Crippen molar-refractivity contribution in [3.63, 3.8) is 0 Å². The first-order valence-corrected chi connectivity index (χ1v) is 13.7. The first-order chi connectivity index (χ1) is 19.6. The van der Waals surface area contributed by atoms with Crippen LogP contribution in [0.5, 0.6) is 0 Å². The van der Waals surface area contributed by atoms with E-state index in [2.05, 4.69) is 18.2 Å². The van der Waals surface area contributed by atoms with Gasteiger partial charge >= 0.3 is 0 Å². The highest BCUT2D eigenvalue weighted by Crippen LogP contribution is 2.32. The lowest BCUT2D eigenvalue weighted by Crippen LogP contribution is -2.50. The minimum atomic E-state index is -0.682.